The summed E-state index contributed by atoms with van der Waals surface area (Å²) in [6.45, 7) is 1.82. The lowest BCUT2D eigenvalue weighted by atomic mass is 9.79. The van der Waals surface area contributed by atoms with E-state index in [-0.39, 0.29) is 6.61 Å². The van der Waals surface area contributed by atoms with Crippen molar-refractivity contribution < 1.29 is 38.0 Å². The number of esters is 2. The Hall–Kier alpha value is -4.34. The van der Waals surface area contributed by atoms with E-state index in [9.17, 15) is 9.59 Å². The minimum Gasteiger partial charge on any atom is -0.451 e. The molecule has 0 radical (unpaired) electrons. The zero-order valence-electron chi connectivity index (χ0n) is 23.4. The number of carbonyl (C=O) groups excluding carboxylic acids is 2. The van der Waals surface area contributed by atoms with Crippen molar-refractivity contribution in [2.45, 2.75) is 49.0 Å². The Kier molecular flexibility index (Phi) is 7.07. The van der Waals surface area contributed by atoms with Crippen molar-refractivity contribution in [3.63, 3.8) is 0 Å². The fourth-order valence-corrected chi connectivity index (χ4v) is 5.97. The van der Waals surface area contributed by atoms with Crippen LogP contribution < -0.4 is 0 Å². The van der Waals surface area contributed by atoms with Crippen LogP contribution in [0, 0.1) is 0 Å². The van der Waals surface area contributed by atoms with Crippen LogP contribution in [0.1, 0.15) is 51.2 Å². The Morgan fingerprint density at radius 2 is 1.23 bits per heavy atom. The highest BCUT2D eigenvalue weighted by Gasteiger charge is 2.80. The van der Waals surface area contributed by atoms with E-state index in [0.29, 0.717) is 11.1 Å². The van der Waals surface area contributed by atoms with Gasteiger partial charge in [0.15, 0.2) is 12.4 Å². The smallest absolute Gasteiger partial charge is 0.339 e. The van der Waals surface area contributed by atoms with Gasteiger partial charge < -0.3 is 28.4 Å². The second-order valence-electron chi connectivity index (χ2n) is 11.0. The van der Waals surface area contributed by atoms with Crippen LogP contribution in [-0.2, 0) is 28.4 Å². The summed E-state index contributed by atoms with van der Waals surface area (Å²) in [5, 5.41) is 0. The first kappa shape index (κ1) is 27.5. The quantitative estimate of drug-likeness (QED) is 0.209. The predicted octanol–water partition coefficient (Wildman–Crippen LogP) is 5.81. The van der Waals surface area contributed by atoms with Gasteiger partial charge in [-0.3, -0.25) is 0 Å². The number of hydrogen-bond donors (Lipinski definition) is 0. The van der Waals surface area contributed by atoms with Crippen LogP contribution in [0.15, 0.2) is 121 Å². The molecule has 7 atom stereocenters. The molecule has 8 heteroatoms. The summed E-state index contributed by atoms with van der Waals surface area (Å²) in [5.41, 5.74) is 0.670. The van der Waals surface area contributed by atoms with Gasteiger partial charge in [-0.15, -0.1) is 0 Å². The molecule has 0 bridgehead atoms. The normalized spacial score (nSPS) is 31.0. The van der Waals surface area contributed by atoms with Gasteiger partial charge in [-0.25, -0.2) is 9.59 Å². The number of carbonyl (C=O) groups is 2. The van der Waals surface area contributed by atoms with Crippen LogP contribution in [0.5, 0.6) is 0 Å². The van der Waals surface area contributed by atoms with Gasteiger partial charge in [0, 0.05) is 5.56 Å². The van der Waals surface area contributed by atoms with Gasteiger partial charge in [-0.2, -0.15) is 0 Å². The zero-order chi connectivity index (χ0) is 29.4. The monoisotopic (exact) mass is 578 g/mol. The first-order chi connectivity index (χ1) is 21.0. The zero-order valence-corrected chi connectivity index (χ0v) is 23.4. The van der Waals surface area contributed by atoms with Gasteiger partial charge in [0.25, 0.3) is 0 Å². The molecule has 0 amide bonds. The number of ether oxygens (including phenoxy) is 6. The van der Waals surface area contributed by atoms with E-state index in [2.05, 4.69) is 0 Å². The molecule has 3 aliphatic heterocycles. The molecular formula is C35H30O8. The van der Waals surface area contributed by atoms with Crippen LogP contribution >= 0.6 is 0 Å². The maximum absolute atomic E-state index is 13.7. The average Bonchev–Trinajstić information content (AvgIpc) is 3.80. The minimum absolute atomic E-state index is 0.138. The summed E-state index contributed by atoms with van der Waals surface area (Å²) < 4.78 is 38.3. The van der Waals surface area contributed by atoms with Gasteiger partial charge in [0.05, 0.1) is 17.7 Å². The minimum atomic E-state index is -1.63. The Bertz CT molecular complexity index is 1580. The maximum Gasteiger partial charge on any atom is 0.339 e. The van der Waals surface area contributed by atoms with E-state index >= 15 is 0 Å². The Morgan fingerprint density at radius 1 is 0.698 bits per heavy atom. The highest BCUT2D eigenvalue weighted by molar-refractivity contribution is 5.90. The molecule has 0 aromatic heterocycles. The maximum atomic E-state index is 13.7. The molecule has 2 unspecified atom stereocenters. The standard InChI is InChI=1S/C35H30O8/c1-34(43-32(37)25-18-10-4-11-19-25)30(40-31(36)24-16-8-3-9-17-24)28-27(22-38-33(39-28)26-20-12-5-13-21-26)41-35(34)29(42-35)23-14-6-2-7-15-23/h2-21,27-30,33H,22H2,1H3/t27-,28-,29?,30+,33?,34-,35-/m1/s1. The second-order valence-corrected chi connectivity index (χ2v) is 11.0. The Balaban J connectivity index is 1.31. The third-order valence-electron chi connectivity index (χ3n) is 8.23. The molecule has 3 saturated heterocycles. The van der Waals surface area contributed by atoms with Crippen LogP contribution in [0.2, 0.25) is 0 Å². The molecule has 7 rings (SSSR count). The summed E-state index contributed by atoms with van der Waals surface area (Å²) in [4.78, 5) is 27.3. The molecule has 3 aliphatic rings. The number of epoxide rings is 1. The topological polar surface area (TPSA) is 92.8 Å². The van der Waals surface area contributed by atoms with E-state index in [1.807, 2.05) is 72.8 Å². The Morgan fingerprint density at radius 3 is 1.84 bits per heavy atom. The van der Waals surface area contributed by atoms with Crippen molar-refractivity contribution in [2.24, 2.45) is 0 Å². The van der Waals surface area contributed by atoms with Crippen LogP contribution in [0.3, 0.4) is 0 Å². The third kappa shape index (κ3) is 4.92. The molecule has 43 heavy (non-hydrogen) atoms. The van der Waals surface area contributed by atoms with Gasteiger partial charge in [-0.05, 0) is 36.8 Å². The summed E-state index contributed by atoms with van der Waals surface area (Å²) in [6, 6.07) is 36.3. The van der Waals surface area contributed by atoms with Gasteiger partial charge in [0.1, 0.15) is 18.3 Å². The van der Waals surface area contributed by atoms with Crippen LogP contribution in [0.25, 0.3) is 0 Å². The molecule has 0 aliphatic carbocycles. The van der Waals surface area contributed by atoms with E-state index < -0.39 is 54.0 Å². The van der Waals surface area contributed by atoms with Crippen LogP contribution in [0.4, 0.5) is 0 Å². The largest absolute Gasteiger partial charge is 0.451 e. The molecular weight excluding hydrogens is 548 g/mol. The molecule has 4 aromatic rings. The summed E-state index contributed by atoms with van der Waals surface area (Å²) in [5.74, 6) is -2.68. The number of rotatable bonds is 6. The first-order valence-electron chi connectivity index (χ1n) is 14.3. The summed E-state index contributed by atoms with van der Waals surface area (Å²) in [7, 11) is 0. The van der Waals surface area contributed by atoms with Crippen molar-refractivity contribution in [3.8, 4) is 0 Å². The fraction of sp³-hybridized carbons (Fsp3) is 0.257. The number of hydrogen-bond acceptors (Lipinski definition) is 8. The predicted molar refractivity (Wildman–Crippen MR) is 154 cm³/mol. The van der Waals surface area contributed by atoms with Crippen molar-refractivity contribution in [1.82, 2.24) is 0 Å². The number of benzene rings is 4. The van der Waals surface area contributed by atoms with Crippen molar-refractivity contribution in [2.75, 3.05) is 6.61 Å². The molecule has 0 saturated carbocycles. The Labute approximate surface area is 249 Å². The first-order valence-corrected chi connectivity index (χ1v) is 14.3. The second kappa shape index (κ2) is 11.1. The molecule has 3 fully saturated rings. The summed E-state index contributed by atoms with van der Waals surface area (Å²) >= 11 is 0. The van der Waals surface area contributed by atoms with Crippen molar-refractivity contribution >= 4 is 11.9 Å². The van der Waals surface area contributed by atoms with Crippen molar-refractivity contribution in [3.05, 3.63) is 144 Å². The van der Waals surface area contributed by atoms with Crippen LogP contribution in [-0.4, -0.2) is 48.2 Å². The lowest BCUT2D eigenvalue weighted by Gasteiger charge is -2.52. The molecule has 218 valence electrons. The molecule has 4 aromatic carbocycles. The third-order valence-corrected chi connectivity index (χ3v) is 8.23. The number of fused-ring (bicyclic) bond motifs is 1. The van der Waals surface area contributed by atoms with E-state index in [4.69, 9.17) is 28.4 Å². The van der Waals surface area contributed by atoms with E-state index in [1.165, 1.54) is 0 Å². The molecule has 0 N–H and O–H groups in total. The van der Waals surface area contributed by atoms with E-state index in [1.54, 1.807) is 55.5 Å². The molecule has 3 heterocycles. The fourth-order valence-electron chi connectivity index (χ4n) is 5.97. The van der Waals surface area contributed by atoms with Crippen molar-refractivity contribution in [1.29, 1.82) is 0 Å². The SMILES string of the molecule is C[C@@]1(OC(=O)c2ccccc2)[C@@H](OC(=O)c2ccccc2)[C@@H]2OC(c3ccccc3)OC[C@H]2O[C@]12OC2c1ccccc1. The average molecular weight is 579 g/mol. The van der Waals surface area contributed by atoms with Gasteiger partial charge >= 0.3 is 11.9 Å². The highest BCUT2D eigenvalue weighted by atomic mass is 16.8. The summed E-state index contributed by atoms with van der Waals surface area (Å²) in [6.07, 6.45) is -4.03. The lowest BCUT2D eigenvalue weighted by Crippen LogP contribution is -2.71. The molecule has 1 spiro atoms. The van der Waals surface area contributed by atoms with E-state index in [0.717, 1.165) is 11.1 Å². The van der Waals surface area contributed by atoms with Gasteiger partial charge in [0.2, 0.25) is 11.4 Å². The van der Waals surface area contributed by atoms with Gasteiger partial charge in [-0.1, -0.05) is 97.1 Å². The molecule has 8 nitrogen and oxygen atoms in total. The highest BCUT2D eigenvalue weighted by Crippen LogP contribution is 2.63. The lowest BCUT2D eigenvalue weighted by molar-refractivity contribution is -0.366.